The van der Waals surface area contributed by atoms with Gasteiger partial charge in [0.2, 0.25) is 0 Å². The van der Waals surface area contributed by atoms with Crippen LogP contribution in [-0.2, 0) is 14.3 Å². The number of ether oxygens (including phenoxy) is 3. The Morgan fingerprint density at radius 1 is 0.947 bits per heavy atom. The number of ketones is 1. The monoisotopic (exact) mass is 515 g/mol. The Bertz CT molecular complexity index is 1390. The van der Waals surface area contributed by atoms with Crippen molar-refractivity contribution in [3.63, 3.8) is 0 Å². The van der Waals surface area contributed by atoms with Gasteiger partial charge in [-0.1, -0.05) is 18.2 Å². The van der Waals surface area contributed by atoms with Gasteiger partial charge in [0.1, 0.15) is 17.3 Å². The van der Waals surface area contributed by atoms with Crippen LogP contribution in [-0.4, -0.2) is 42.6 Å². The van der Waals surface area contributed by atoms with Gasteiger partial charge in [-0.05, 0) is 80.9 Å². The average molecular weight is 516 g/mol. The summed E-state index contributed by atoms with van der Waals surface area (Å²) in [6.07, 6.45) is -0.0294. The van der Waals surface area contributed by atoms with Crippen LogP contribution < -0.4 is 14.4 Å². The number of amides is 1. The highest BCUT2D eigenvalue weighted by Crippen LogP contribution is 2.43. The van der Waals surface area contributed by atoms with Gasteiger partial charge in [0.25, 0.3) is 11.7 Å². The van der Waals surface area contributed by atoms with Crippen LogP contribution in [0.3, 0.4) is 0 Å². The van der Waals surface area contributed by atoms with Gasteiger partial charge < -0.3 is 19.3 Å². The third kappa shape index (κ3) is 5.25. The van der Waals surface area contributed by atoms with E-state index in [1.165, 1.54) is 18.1 Å². The summed E-state index contributed by atoms with van der Waals surface area (Å²) in [7, 11) is 1.51. The molecule has 1 atom stereocenters. The lowest BCUT2D eigenvalue weighted by Gasteiger charge is -2.26. The summed E-state index contributed by atoms with van der Waals surface area (Å²) in [5.41, 5.74) is 1.36. The number of hydrogen-bond acceptors (Lipinski definition) is 7. The van der Waals surface area contributed by atoms with Crippen molar-refractivity contribution in [2.45, 2.75) is 32.9 Å². The van der Waals surface area contributed by atoms with Crippen LogP contribution in [0.5, 0.6) is 11.5 Å². The van der Waals surface area contributed by atoms with E-state index in [-0.39, 0.29) is 29.6 Å². The van der Waals surface area contributed by atoms with Crippen molar-refractivity contribution in [3.05, 3.63) is 95.1 Å². The molecule has 1 aliphatic rings. The van der Waals surface area contributed by atoms with Gasteiger partial charge in [-0.25, -0.2) is 4.79 Å². The van der Waals surface area contributed by atoms with Crippen molar-refractivity contribution in [3.8, 4) is 11.5 Å². The normalized spacial score (nSPS) is 16.6. The third-order valence-corrected chi connectivity index (χ3v) is 5.99. The third-order valence-electron chi connectivity index (χ3n) is 5.99. The zero-order chi connectivity index (χ0) is 27.4. The zero-order valence-electron chi connectivity index (χ0n) is 21.6. The molecule has 1 amide bonds. The van der Waals surface area contributed by atoms with Crippen molar-refractivity contribution < 1.29 is 33.7 Å². The number of carbonyl (C=O) groups is 3. The fraction of sp³-hybridized carbons (Fsp3) is 0.233. The summed E-state index contributed by atoms with van der Waals surface area (Å²) < 4.78 is 16.1. The molecule has 0 saturated carbocycles. The molecule has 0 aliphatic carbocycles. The van der Waals surface area contributed by atoms with Crippen molar-refractivity contribution in [2.24, 2.45) is 0 Å². The standard InChI is InChI=1S/C30H29NO7/c1-5-37-30(35)21-9-6-10-22(16-21)31-26(20-8-7-11-24(17-20)36-4)25(28(33)29(31)34)27(32)19-12-14-23(15-13-19)38-18(2)3/h6-18,26,32H,5H2,1-4H3/b27-25+. The number of hydrogen-bond donors (Lipinski definition) is 1. The molecule has 0 bridgehead atoms. The number of esters is 1. The van der Waals surface area contributed by atoms with Gasteiger partial charge >= 0.3 is 5.97 Å². The zero-order valence-corrected chi connectivity index (χ0v) is 21.6. The first-order valence-corrected chi connectivity index (χ1v) is 12.2. The van der Waals surface area contributed by atoms with Crippen molar-refractivity contribution in [2.75, 3.05) is 18.6 Å². The Balaban J connectivity index is 1.87. The van der Waals surface area contributed by atoms with E-state index >= 15 is 0 Å². The second-order valence-corrected chi connectivity index (χ2v) is 8.91. The number of benzene rings is 3. The molecule has 1 aliphatic heterocycles. The summed E-state index contributed by atoms with van der Waals surface area (Å²) in [6, 6.07) is 18.9. The second-order valence-electron chi connectivity index (χ2n) is 8.91. The maximum absolute atomic E-state index is 13.4. The fourth-order valence-electron chi connectivity index (χ4n) is 4.34. The molecule has 0 spiro atoms. The molecule has 8 nitrogen and oxygen atoms in total. The summed E-state index contributed by atoms with van der Waals surface area (Å²) in [6.45, 7) is 5.70. The SMILES string of the molecule is CCOC(=O)c1cccc(N2C(=O)C(=O)/C(=C(/O)c3ccc(OC(C)C)cc3)C2c2cccc(OC)c2)c1. The number of nitrogens with zero attached hydrogens (tertiary/aromatic N) is 1. The fourth-order valence-corrected chi connectivity index (χ4v) is 4.34. The molecule has 3 aromatic rings. The number of aliphatic hydroxyl groups is 1. The summed E-state index contributed by atoms with van der Waals surface area (Å²) in [5, 5.41) is 11.4. The Labute approximate surface area is 221 Å². The lowest BCUT2D eigenvalue weighted by molar-refractivity contribution is -0.132. The minimum atomic E-state index is -0.978. The van der Waals surface area contributed by atoms with Crippen molar-refractivity contribution >= 4 is 29.1 Å². The van der Waals surface area contributed by atoms with E-state index < -0.39 is 23.7 Å². The Kier molecular flexibility index (Phi) is 7.81. The van der Waals surface area contributed by atoms with Crippen LogP contribution in [0.1, 0.15) is 48.3 Å². The van der Waals surface area contributed by atoms with Crippen LogP contribution in [0.4, 0.5) is 5.69 Å². The van der Waals surface area contributed by atoms with E-state index in [0.29, 0.717) is 28.3 Å². The Morgan fingerprint density at radius 2 is 1.66 bits per heavy atom. The average Bonchev–Trinajstić information content (AvgIpc) is 3.18. The van der Waals surface area contributed by atoms with E-state index in [2.05, 4.69) is 0 Å². The Morgan fingerprint density at radius 3 is 2.32 bits per heavy atom. The number of Topliss-reactive ketones (excluding diaryl/α,β-unsaturated/α-hetero) is 1. The topological polar surface area (TPSA) is 102 Å². The lowest BCUT2D eigenvalue weighted by Crippen LogP contribution is -2.29. The lowest BCUT2D eigenvalue weighted by atomic mass is 9.95. The molecule has 38 heavy (non-hydrogen) atoms. The van der Waals surface area contributed by atoms with Crippen LogP contribution in [0.2, 0.25) is 0 Å². The predicted molar refractivity (Wildman–Crippen MR) is 142 cm³/mol. The number of rotatable bonds is 8. The molecular formula is C30H29NO7. The first kappa shape index (κ1) is 26.5. The maximum Gasteiger partial charge on any atom is 0.338 e. The van der Waals surface area contributed by atoms with Gasteiger partial charge in [-0.2, -0.15) is 0 Å². The molecule has 1 N–H and O–H groups in total. The molecule has 0 radical (unpaired) electrons. The van der Waals surface area contributed by atoms with Gasteiger partial charge in [-0.3, -0.25) is 14.5 Å². The van der Waals surface area contributed by atoms with E-state index in [0.717, 1.165) is 0 Å². The highest BCUT2D eigenvalue weighted by Gasteiger charge is 2.47. The summed E-state index contributed by atoms with van der Waals surface area (Å²) in [4.78, 5) is 40.5. The highest BCUT2D eigenvalue weighted by atomic mass is 16.5. The smallest absolute Gasteiger partial charge is 0.338 e. The van der Waals surface area contributed by atoms with Crippen LogP contribution in [0.15, 0.2) is 78.4 Å². The minimum Gasteiger partial charge on any atom is -0.507 e. The van der Waals surface area contributed by atoms with Crippen molar-refractivity contribution in [1.82, 2.24) is 0 Å². The first-order chi connectivity index (χ1) is 18.2. The van der Waals surface area contributed by atoms with Gasteiger partial charge in [0.15, 0.2) is 0 Å². The quantitative estimate of drug-likeness (QED) is 0.188. The molecule has 1 fully saturated rings. The molecule has 1 heterocycles. The van der Waals surface area contributed by atoms with Crippen molar-refractivity contribution in [1.29, 1.82) is 0 Å². The minimum absolute atomic E-state index is 0.0294. The van der Waals surface area contributed by atoms with E-state index in [1.54, 1.807) is 73.7 Å². The van der Waals surface area contributed by atoms with E-state index in [4.69, 9.17) is 14.2 Å². The molecule has 1 saturated heterocycles. The first-order valence-electron chi connectivity index (χ1n) is 12.2. The number of aliphatic hydroxyl groups excluding tert-OH is 1. The van der Waals surface area contributed by atoms with Crippen LogP contribution in [0.25, 0.3) is 5.76 Å². The van der Waals surface area contributed by atoms with Gasteiger partial charge in [-0.15, -0.1) is 0 Å². The molecular weight excluding hydrogens is 486 g/mol. The number of carbonyl (C=O) groups excluding carboxylic acids is 3. The largest absolute Gasteiger partial charge is 0.507 e. The van der Waals surface area contributed by atoms with E-state index in [1.807, 2.05) is 13.8 Å². The molecule has 1 unspecified atom stereocenters. The molecule has 3 aromatic carbocycles. The second kappa shape index (κ2) is 11.2. The molecule has 4 rings (SSSR count). The number of anilines is 1. The number of methoxy groups -OCH3 is 1. The molecule has 0 aromatic heterocycles. The van der Waals surface area contributed by atoms with Crippen LogP contribution >= 0.6 is 0 Å². The Hall–Kier alpha value is -4.59. The van der Waals surface area contributed by atoms with E-state index in [9.17, 15) is 19.5 Å². The predicted octanol–water partition coefficient (Wildman–Crippen LogP) is 5.29. The molecule has 8 heteroatoms. The maximum atomic E-state index is 13.4. The van der Waals surface area contributed by atoms with Gasteiger partial charge in [0.05, 0.1) is 37.0 Å². The van der Waals surface area contributed by atoms with Gasteiger partial charge in [0, 0.05) is 11.3 Å². The highest BCUT2D eigenvalue weighted by molar-refractivity contribution is 6.51. The summed E-state index contributed by atoms with van der Waals surface area (Å²) in [5.74, 6) is -1.43. The summed E-state index contributed by atoms with van der Waals surface area (Å²) >= 11 is 0. The molecule has 196 valence electrons. The van der Waals surface area contributed by atoms with Crippen LogP contribution in [0, 0.1) is 0 Å².